The van der Waals surface area contributed by atoms with Crippen LogP contribution in [0.5, 0.6) is 0 Å². The number of allylic oxidation sites excluding steroid dienone is 1. The molecule has 0 saturated carbocycles. The summed E-state index contributed by atoms with van der Waals surface area (Å²) >= 11 is 1.51. The molecule has 22 heavy (non-hydrogen) atoms. The van der Waals surface area contributed by atoms with E-state index in [1.807, 2.05) is 6.08 Å². The maximum absolute atomic E-state index is 3.60. The summed E-state index contributed by atoms with van der Waals surface area (Å²) in [5.41, 5.74) is 5.94. The van der Waals surface area contributed by atoms with Gasteiger partial charge in [0.25, 0.3) is 0 Å². The normalized spacial score (nSPS) is 10.1. The number of hydrogen-bond acceptors (Lipinski definition) is 0. The van der Waals surface area contributed by atoms with Crippen LogP contribution in [-0.4, -0.2) is 0 Å². The van der Waals surface area contributed by atoms with Gasteiger partial charge >= 0.3 is 99.1 Å². The van der Waals surface area contributed by atoms with Gasteiger partial charge in [-0.1, -0.05) is 25.8 Å². The first-order valence-corrected chi connectivity index (χ1v) is 8.53. The number of unbranched alkanes of at least 4 members (excludes halogenated alkanes) is 2. The van der Waals surface area contributed by atoms with Crippen LogP contribution in [0, 0.1) is 0 Å². The molecule has 0 spiro atoms. The minimum atomic E-state index is 0. The van der Waals surface area contributed by atoms with Gasteiger partial charge in [0, 0.05) is 0 Å². The standard InChI is InChI=1S/C13H9.C6H12.2ClH.Zr/c1-3-7-12-10(5-1)9-11-6-2-4-8-13(11)12;1-3-5-6-4-2;;;/h1-7H,9H2;3H,1,4-6H2,2H3;2*1H;/q;;;;+2/p-2. The summed E-state index contributed by atoms with van der Waals surface area (Å²) in [7, 11) is 0. The third-order valence-corrected chi connectivity index (χ3v) is 4.60. The topological polar surface area (TPSA) is 0 Å². The number of halogens is 2. The van der Waals surface area contributed by atoms with Crippen LogP contribution in [0.15, 0.2) is 55.1 Å². The van der Waals surface area contributed by atoms with E-state index >= 15 is 0 Å². The number of fused-ring (bicyclic) bond motifs is 3. The molecule has 0 amide bonds. The van der Waals surface area contributed by atoms with Gasteiger partial charge in [-0.15, -0.1) is 6.58 Å². The Morgan fingerprint density at radius 1 is 1.05 bits per heavy atom. The molecule has 0 heterocycles. The van der Waals surface area contributed by atoms with Crippen molar-refractivity contribution in [2.45, 2.75) is 32.6 Å². The summed E-state index contributed by atoms with van der Waals surface area (Å²) in [6.07, 6.45) is 6.84. The average Bonchev–Trinajstić information content (AvgIpc) is 2.85. The van der Waals surface area contributed by atoms with Crippen molar-refractivity contribution in [3.8, 4) is 11.1 Å². The molecule has 115 valence electrons. The zero-order valence-corrected chi connectivity index (χ0v) is 16.9. The van der Waals surface area contributed by atoms with Crippen molar-refractivity contribution in [2.24, 2.45) is 0 Å². The van der Waals surface area contributed by atoms with Gasteiger partial charge in [0.15, 0.2) is 0 Å². The van der Waals surface area contributed by atoms with Crippen molar-refractivity contribution in [1.82, 2.24) is 0 Å². The predicted octanol–water partition coefficient (Wildman–Crippen LogP) is -1.20. The van der Waals surface area contributed by atoms with Crippen molar-refractivity contribution in [3.05, 3.63) is 66.2 Å². The van der Waals surface area contributed by atoms with Crippen molar-refractivity contribution in [3.63, 3.8) is 0 Å². The van der Waals surface area contributed by atoms with E-state index < -0.39 is 0 Å². The van der Waals surface area contributed by atoms with Crippen molar-refractivity contribution >= 4 is 3.27 Å². The van der Waals surface area contributed by atoms with Crippen molar-refractivity contribution < 1.29 is 49.5 Å². The molecule has 0 radical (unpaired) electrons. The summed E-state index contributed by atoms with van der Waals surface area (Å²) in [5.74, 6) is 0. The molecule has 0 saturated heterocycles. The van der Waals surface area contributed by atoms with Crippen LogP contribution in [0.25, 0.3) is 11.1 Å². The fourth-order valence-corrected chi connectivity index (χ4v) is 3.50. The molecule has 0 unspecified atom stereocenters. The molecule has 0 N–H and O–H groups in total. The van der Waals surface area contributed by atoms with Gasteiger partial charge in [-0.2, -0.15) is 0 Å². The SMILES string of the molecule is C=CCCCC.[Cl-].[Cl-].[Zr+2][c]1cccc2c1-c1ccccc1C2. The van der Waals surface area contributed by atoms with E-state index in [1.165, 1.54) is 69.5 Å². The van der Waals surface area contributed by atoms with E-state index in [-0.39, 0.29) is 24.8 Å². The zero-order chi connectivity index (χ0) is 14.4. The number of benzene rings is 2. The summed E-state index contributed by atoms with van der Waals surface area (Å²) in [5, 5.41) is 0. The van der Waals surface area contributed by atoms with E-state index in [4.69, 9.17) is 0 Å². The second kappa shape index (κ2) is 11.2. The molecule has 0 bridgehead atoms. The Balaban J connectivity index is 0.000000486. The molecule has 0 fully saturated rings. The van der Waals surface area contributed by atoms with E-state index in [0.29, 0.717) is 0 Å². The van der Waals surface area contributed by atoms with Gasteiger partial charge in [-0.3, -0.25) is 0 Å². The van der Waals surface area contributed by atoms with Crippen molar-refractivity contribution in [2.75, 3.05) is 0 Å². The van der Waals surface area contributed by atoms with E-state index in [1.54, 1.807) is 0 Å². The Labute approximate surface area is 162 Å². The summed E-state index contributed by atoms with van der Waals surface area (Å²) in [4.78, 5) is 0. The second-order valence-corrected chi connectivity index (χ2v) is 6.43. The fourth-order valence-electron chi connectivity index (χ4n) is 2.54. The van der Waals surface area contributed by atoms with Crippen LogP contribution in [0.1, 0.15) is 37.3 Å². The fraction of sp³-hybridized carbons (Fsp3) is 0.263. The molecule has 1 aliphatic carbocycles. The Bertz CT molecular complexity index is 594. The quantitative estimate of drug-likeness (QED) is 0.375. The zero-order valence-electron chi connectivity index (χ0n) is 12.9. The molecular formula is C19H21Cl2Zr. The van der Waals surface area contributed by atoms with Gasteiger partial charge < -0.3 is 24.8 Å². The van der Waals surface area contributed by atoms with Crippen LogP contribution >= 0.6 is 0 Å². The van der Waals surface area contributed by atoms with Crippen LogP contribution < -0.4 is 28.1 Å². The molecule has 3 rings (SSSR count). The average molecular weight is 412 g/mol. The summed E-state index contributed by atoms with van der Waals surface area (Å²) in [6.45, 7) is 5.78. The van der Waals surface area contributed by atoms with Crippen LogP contribution in [0.4, 0.5) is 0 Å². The molecule has 0 aliphatic heterocycles. The first-order valence-electron chi connectivity index (χ1n) is 7.30. The monoisotopic (exact) mass is 409 g/mol. The van der Waals surface area contributed by atoms with Crippen LogP contribution in [0.3, 0.4) is 0 Å². The molecule has 2 aromatic rings. The Morgan fingerprint density at radius 3 is 2.36 bits per heavy atom. The van der Waals surface area contributed by atoms with Gasteiger partial charge in [-0.25, -0.2) is 0 Å². The van der Waals surface area contributed by atoms with E-state index in [9.17, 15) is 0 Å². The third-order valence-electron chi connectivity index (χ3n) is 3.58. The van der Waals surface area contributed by atoms with E-state index in [2.05, 4.69) is 56.0 Å². The third kappa shape index (κ3) is 5.37. The van der Waals surface area contributed by atoms with Gasteiger partial charge in [0.05, 0.1) is 0 Å². The Hall–Kier alpha value is -0.357. The first kappa shape index (κ1) is 21.6. The molecular weight excluding hydrogens is 390 g/mol. The van der Waals surface area contributed by atoms with Crippen LogP contribution in [-0.2, 0) is 31.1 Å². The summed E-state index contributed by atoms with van der Waals surface area (Å²) < 4.78 is 1.49. The molecule has 0 atom stereocenters. The Kier molecular flexibility index (Phi) is 11.0. The second-order valence-electron chi connectivity index (χ2n) is 5.10. The Morgan fingerprint density at radius 2 is 1.73 bits per heavy atom. The number of hydrogen-bond donors (Lipinski definition) is 0. The maximum atomic E-state index is 3.60. The van der Waals surface area contributed by atoms with Crippen molar-refractivity contribution in [1.29, 1.82) is 0 Å². The predicted molar refractivity (Wildman–Crippen MR) is 84.0 cm³/mol. The molecule has 1 aliphatic rings. The van der Waals surface area contributed by atoms with E-state index in [0.717, 1.165) is 6.42 Å². The number of rotatable bonds is 3. The molecule has 3 heteroatoms. The van der Waals surface area contributed by atoms with Gasteiger partial charge in [-0.05, 0) is 6.42 Å². The van der Waals surface area contributed by atoms with Gasteiger partial charge in [0.1, 0.15) is 0 Å². The minimum absolute atomic E-state index is 0. The summed E-state index contributed by atoms with van der Waals surface area (Å²) in [6, 6.07) is 15.4. The van der Waals surface area contributed by atoms with Crippen LogP contribution in [0.2, 0.25) is 0 Å². The first-order chi connectivity index (χ1) is 9.77. The molecule has 0 nitrogen and oxygen atoms in total. The molecule has 0 aromatic heterocycles. The molecule has 2 aromatic carbocycles. The van der Waals surface area contributed by atoms with Gasteiger partial charge in [0.2, 0.25) is 0 Å².